The Morgan fingerprint density at radius 2 is 1.80 bits per heavy atom. The summed E-state index contributed by atoms with van der Waals surface area (Å²) in [5.41, 5.74) is -0.801. The molecule has 0 atom stereocenters. The molecule has 0 aliphatic carbocycles. The third-order valence-corrected chi connectivity index (χ3v) is 5.72. The van der Waals surface area contributed by atoms with Crippen LogP contribution in [0.1, 0.15) is 12.6 Å². The van der Waals surface area contributed by atoms with Crippen LogP contribution < -0.4 is 0 Å². The Hall–Kier alpha value is -2.85. The van der Waals surface area contributed by atoms with E-state index in [1.807, 2.05) is 0 Å². The summed E-state index contributed by atoms with van der Waals surface area (Å²) in [5.74, 6) is -1.59. The molecule has 0 fully saturated rings. The van der Waals surface area contributed by atoms with Crippen LogP contribution in [-0.4, -0.2) is 30.5 Å². The Morgan fingerprint density at radius 1 is 1.13 bits per heavy atom. The van der Waals surface area contributed by atoms with E-state index in [4.69, 9.17) is 11.6 Å². The van der Waals surface area contributed by atoms with E-state index in [9.17, 15) is 26.4 Å². The maximum atomic E-state index is 13.5. The number of aromatic amines is 1. The van der Waals surface area contributed by atoms with Gasteiger partial charge in [0.25, 0.3) is 0 Å². The van der Waals surface area contributed by atoms with E-state index in [-0.39, 0.29) is 32.3 Å². The third kappa shape index (κ3) is 4.65. The number of sulfone groups is 1. The van der Waals surface area contributed by atoms with Crippen LogP contribution in [0, 0.1) is 0 Å². The van der Waals surface area contributed by atoms with Gasteiger partial charge in [-0.3, -0.25) is 9.89 Å². The number of alkyl halides is 3. The molecule has 1 aromatic heterocycles. The van der Waals surface area contributed by atoms with Crippen molar-refractivity contribution in [1.82, 2.24) is 10.2 Å². The number of rotatable bonds is 5. The second-order valence-corrected chi connectivity index (χ2v) is 8.60. The third-order valence-electron chi connectivity index (χ3n) is 4.07. The van der Waals surface area contributed by atoms with Crippen LogP contribution in [0.5, 0.6) is 0 Å². The van der Waals surface area contributed by atoms with Crippen LogP contribution in [0.25, 0.3) is 22.4 Å². The molecule has 11 heteroatoms. The summed E-state index contributed by atoms with van der Waals surface area (Å²) in [6.45, 7) is 1.08. The van der Waals surface area contributed by atoms with E-state index in [0.717, 1.165) is 6.92 Å². The number of esters is 1. The fourth-order valence-corrected chi connectivity index (χ4v) is 3.94. The number of hydrogen-bond donors (Lipinski definition) is 1. The average Bonchev–Trinajstić information content (AvgIpc) is 3.12. The Kier molecular flexibility index (Phi) is 5.91. The van der Waals surface area contributed by atoms with Crippen molar-refractivity contribution in [2.75, 3.05) is 5.94 Å². The van der Waals surface area contributed by atoms with Gasteiger partial charge in [-0.05, 0) is 29.8 Å². The van der Waals surface area contributed by atoms with E-state index < -0.39 is 33.6 Å². The van der Waals surface area contributed by atoms with E-state index in [2.05, 4.69) is 14.9 Å². The zero-order valence-corrected chi connectivity index (χ0v) is 16.9. The highest BCUT2D eigenvalue weighted by atomic mass is 35.5. The van der Waals surface area contributed by atoms with E-state index in [1.54, 1.807) is 0 Å². The maximum Gasteiger partial charge on any atom is 0.435 e. The van der Waals surface area contributed by atoms with Crippen LogP contribution in [-0.2, 0) is 25.5 Å². The van der Waals surface area contributed by atoms with Crippen molar-refractivity contribution in [3.8, 4) is 22.4 Å². The molecule has 0 unspecified atom stereocenters. The van der Waals surface area contributed by atoms with Gasteiger partial charge in [0.05, 0.1) is 10.6 Å². The Labute approximate surface area is 174 Å². The van der Waals surface area contributed by atoms with Gasteiger partial charge in [0.2, 0.25) is 9.84 Å². The van der Waals surface area contributed by atoms with Gasteiger partial charge in [0, 0.05) is 23.1 Å². The molecule has 2 aromatic carbocycles. The van der Waals surface area contributed by atoms with Crippen LogP contribution in [0.4, 0.5) is 13.2 Å². The highest BCUT2D eigenvalue weighted by molar-refractivity contribution is 7.91. The molecule has 1 N–H and O–H groups in total. The zero-order chi connectivity index (χ0) is 22.1. The standard InChI is InChI=1S/C19H14ClF3N2O4S/c1-11(26)29-10-30(27,28)15-7-5-12(6-8-15)17-16(13-3-2-4-14(20)9-13)18(25-24-17)19(21,22)23/h2-9H,10H2,1H3,(H,24,25). The van der Waals surface area contributed by atoms with Gasteiger partial charge >= 0.3 is 12.1 Å². The predicted octanol–water partition coefficient (Wildman–Crippen LogP) is 4.71. The molecule has 1 heterocycles. The van der Waals surface area contributed by atoms with Crippen molar-refractivity contribution in [2.24, 2.45) is 0 Å². The van der Waals surface area contributed by atoms with E-state index >= 15 is 0 Å². The largest absolute Gasteiger partial charge is 0.449 e. The number of carbonyl (C=O) groups excluding carboxylic acids is 1. The molecule has 30 heavy (non-hydrogen) atoms. The molecule has 0 spiro atoms. The number of carbonyl (C=O) groups is 1. The first-order valence-electron chi connectivity index (χ1n) is 8.37. The SMILES string of the molecule is CC(=O)OCS(=O)(=O)c1ccc(-c2[nH]nc(C(F)(F)F)c2-c2cccc(Cl)c2)cc1. The summed E-state index contributed by atoms with van der Waals surface area (Å²) in [5, 5.41) is 6.05. The van der Waals surface area contributed by atoms with Gasteiger partial charge in [-0.15, -0.1) is 0 Å². The van der Waals surface area contributed by atoms with Crippen molar-refractivity contribution in [3.63, 3.8) is 0 Å². The van der Waals surface area contributed by atoms with Gasteiger partial charge in [0.1, 0.15) is 0 Å². The van der Waals surface area contributed by atoms with Gasteiger partial charge < -0.3 is 4.74 Å². The number of nitrogens with one attached hydrogen (secondary N) is 1. The van der Waals surface area contributed by atoms with Crippen LogP contribution >= 0.6 is 11.6 Å². The highest BCUT2D eigenvalue weighted by Gasteiger charge is 2.38. The first kappa shape index (κ1) is 21.8. The summed E-state index contributed by atoms with van der Waals surface area (Å²) < 4.78 is 69.4. The van der Waals surface area contributed by atoms with Gasteiger partial charge in [0.15, 0.2) is 11.6 Å². The first-order chi connectivity index (χ1) is 14.0. The molecular formula is C19H14ClF3N2O4S. The van der Waals surface area contributed by atoms with Crippen molar-refractivity contribution < 1.29 is 31.1 Å². The molecule has 158 valence electrons. The lowest BCUT2D eigenvalue weighted by Crippen LogP contribution is -2.12. The number of aromatic nitrogens is 2. The smallest absolute Gasteiger partial charge is 0.435 e. The summed E-state index contributed by atoms with van der Waals surface area (Å²) in [4.78, 5) is 10.7. The second-order valence-electron chi connectivity index (χ2n) is 6.22. The maximum absolute atomic E-state index is 13.5. The molecule has 0 bridgehead atoms. The fraction of sp³-hybridized carbons (Fsp3) is 0.158. The molecule has 0 amide bonds. The van der Waals surface area contributed by atoms with E-state index in [1.165, 1.54) is 48.5 Å². The summed E-state index contributed by atoms with van der Waals surface area (Å²) in [7, 11) is -3.91. The quantitative estimate of drug-likeness (QED) is 0.559. The van der Waals surface area contributed by atoms with Gasteiger partial charge in [-0.25, -0.2) is 8.42 Å². The Bertz CT molecular complexity index is 1190. The van der Waals surface area contributed by atoms with Crippen molar-refractivity contribution in [3.05, 3.63) is 59.2 Å². The zero-order valence-electron chi connectivity index (χ0n) is 15.3. The normalized spacial score (nSPS) is 12.0. The lowest BCUT2D eigenvalue weighted by atomic mass is 9.99. The first-order valence-corrected chi connectivity index (χ1v) is 10.4. The topological polar surface area (TPSA) is 89.1 Å². The molecular weight excluding hydrogens is 445 g/mol. The van der Waals surface area contributed by atoms with Crippen molar-refractivity contribution >= 4 is 27.4 Å². The molecule has 3 rings (SSSR count). The number of H-pyrrole nitrogens is 1. The van der Waals surface area contributed by atoms with Crippen LogP contribution in [0.3, 0.4) is 0 Å². The Morgan fingerprint density at radius 3 is 2.37 bits per heavy atom. The molecule has 3 aromatic rings. The molecule has 6 nitrogen and oxygen atoms in total. The number of nitrogens with zero attached hydrogens (tertiary/aromatic N) is 1. The van der Waals surface area contributed by atoms with Crippen molar-refractivity contribution in [2.45, 2.75) is 18.0 Å². The summed E-state index contributed by atoms with van der Waals surface area (Å²) >= 11 is 5.94. The minimum atomic E-state index is -4.72. The molecule has 0 saturated heterocycles. The summed E-state index contributed by atoms with van der Waals surface area (Å²) in [6.07, 6.45) is -4.72. The number of ether oxygens (including phenoxy) is 1. The second kappa shape index (κ2) is 8.11. The number of halogens is 4. The predicted molar refractivity (Wildman–Crippen MR) is 103 cm³/mol. The molecule has 0 saturated carbocycles. The molecule has 0 radical (unpaired) electrons. The monoisotopic (exact) mass is 458 g/mol. The number of hydrogen-bond acceptors (Lipinski definition) is 5. The van der Waals surface area contributed by atoms with Gasteiger partial charge in [-0.2, -0.15) is 18.3 Å². The summed E-state index contributed by atoms with van der Waals surface area (Å²) in [6, 6.07) is 11.0. The molecule has 0 aliphatic rings. The van der Waals surface area contributed by atoms with Crippen molar-refractivity contribution in [1.29, 1.82) is 0 Å². The van der Waals surface area contributed by atoms with Crippen LogP contribution in [0.15, 0.2) is 53.4 Å². The van der Waals surface area contributed by atoms with E-state index in [0.29, 0.717) is 0 Å². The Balaban J connectivity index is 2.07. The highest BCUT2D eigenvalue weighted by Crippen LogP contribution is 2.41. The minimum absolute atomic E-state index is 0.0496. The minimum Gasteiger partial charge on any atom is -0.449 e. The lowest BCUT2D eigenvalue weighted by Gasteiger charge is -2.10. The fourth-order valence-electron chi connectivity index (χ4n) is 2.74. The molecule has 0 aliphatic heterocycles. The lowest BCUT2D eigenvalue weighted by molar-refractivity contribution is -0.141. The number of benzene rings is 2. The van der Waals surface area contributed by atoms with Crippen LogP contribution in [0.2, 0.25) is 5.02 Å². The van der Waals surface area contributed by atoms with Gasteiger partial charge in [-0.1, -0.05) is 35.9 Å². The average molecular weight is 459 g/mol.